The van der Waals surface area contributed by atoms with E-state index in [1.165, 1.54) is 9.78 Å². The molecule has 1 aromatic heterocycles. The second-order valence-electron chi connectivity index (χ2n) is 3.91. The van der Waals surface area contributed by atoms with Crippen molar-refractivity contribution in [1.82, 2.24) is 4.90 Å². The van der Waals surface area contributed by atoms with Crippen LogP contribution in [0.3, 0.4) is 0 Å². The summed E-state index contributed by atoms with van der Waals surface area (Å²) in [6.07, 6.45) is 6.93. The van der Waals surface area contributed by atoms with Gasteiger partial charge in [-0.05, 0) is 40.9 Å². The van der Waals surface area contributed by atoms with Crippen LogP contribution in [0, 0.1) is 12.3 Å². The fourth-order valence-electron chi connectivity index (χ4n) is 1.56. The summed E-state index contributed by atoms with van der Waals surface area (Å²) < 4.78 is 1.06. The summed E-state index contributed by atoms with van der Waals surface area (Å²) in [5.74, 6) is 1.04. The van der Waals surface area contributed by atoms with Crippen LogP contribution in [0.5, 0.6) is 0 Å². The minimum Gasteiger partial charge on any atom is -0.480 e. The van der Waals surface area contributed by atoms with Gasteiger partial charge in [0.2, 0.25) is 5.91 Å². The number of terminal acetylenes is 1. The third-order valence-electron chi connectivity index (χ3n) is 2.40. The van der Waals surface area contributed by atoms with E-state index in [-0.39, 0.29) is 19.0 Å². The molecule has 102 valence electrons. The molecule has 0 bridgehead atoms. The quantitative estimate of drug-likeness (QED) is 0.773. The van der Waals surface area contributed by atoms with Crippen molar-refractivity contribution in [2.24, 2.45) is 0 Å². The van der Waals surface area contributed by atoms with E-state index >= 15 is 0 Å². The van der Waals surface area contributed by atoms with Crippen LogP contribution in [0.1, 0.15) is 17.7 Å². The molecule has 19 heavy (non-hydrogen) atoms. The van der Waals surface area contributed by atoms with E-state index in [0.29, 0.717) is 12.8 Å². The van der Waals surface area contributed by atoms with Crippen LogP contribution >= 0.6 is 27.3 Å². The number of thiophene rings is 1. The fourth-order valence-corrected chi connectivity index (χ4v) is 3.09. The van der Waals surface area contributed by atoms with Crippen LogP contribution in [-0.2, 0) is 16.0 Å². The van der Waals surface area contributed by atoms with Gasteiger partial charge in [0.25, 0.3) is 0 Å². The average Bonchev–Trinajstić information content (AvgIpc) is 2.74. The number of hydrogen-bond acceptors (Lipinski definition) is 3. The van der Waals surface area contributed by atoms with E-state index in [4.69, 9.17) is 11.5 Å². The maximum absolute atomic E-state index is 11.8. The molecule has 0 unspecified atom stereocenters. The summed E-state index contributed by atoms with van der Waals surface area (Å²) >= 11 is 5.01. The van der Waals surface area contributed by atoms with Crippen molar-refractivity contribution in [2.45, 2.75) is 19.3 Å². The lowest BCUT2D eigenvalue weighted by atomic mass is 10.2. The molecule has 0 radical (unpaired) electrons. The molecule has 0 saturated heterocycles. The summed E-state index contributed by atoms with van der Waals surface area (Å²) in [6.45, 7) is -0.302. The molecule has 1 N–H and O–H groups in total. The number of aliphatic carboxylic acids is 1. The molecule has 6 heteroatoms. The Morgan fingerprint density at radius 2 is 2.21 bits per heavy atom. The molecule has 0 aromatic carbocycles. The summed E-state index contributed by atoms with van der Waals surface area (Å²) in [5, 5.41) is 8.70. The highest BCUT2D eigenvalue weighted by atomic mass is 79.9. The standard InChI is InChI=1S/C13H14BrNO3S/c1-2-8-15(9-13(17)18)12(16)5-3-4-10-6-7-11(14)19-10/h1,6-7H,3-5,8-9H2,(H,17,18). The van der Waals surface area contributed by atoms with E-state index in [9.17, 15) is 9.59 Å². The van der Waals surface area contributed by atoms with Crippen LogP contribution in [-0.4, -0.2) is 35.0 Å². The Kier molecular flexibility index (Phi) is 6.60. The van der Waals surface area contributed by atoms with Gasteiger partial charge in [0.05, 0.1) is 10.3 Å². The number of halogens is 1. The Morgan fingerprint density at radius 1 is 1.47 bits per heavy atom. The van der Waals surface area contributed by atoms with Gasteiger partial charge in [-0.3, -0.25) is 9.59 Å². The number of carbonyl (C=O) groups is 2. The molecule has 0 atom stereocenters. The first-order chi connectivity index (χ1) is 9.02. The maximum atomic E-state index is 11.8. The Labute approximate surface area is 124 Å². The maximum Gasteiger partial charge on any atom is 0.323 e. The number of aryl methyl sites for hydroxylation is 1. The summed E-state index contributed by atoms with van der Waals surface area (Å²) in [7, 11) is 0. The number of amides is 1. The monoisotopic (exact) mass is 343 g/mol. The van der Waals surface area contributed by atoms with E-state index in [1.54, 1.807) is 11.3 Å². The zero-order chi connectivity index (χ0) is 14.3. The average molecular weight is 344 g/mol. The number of nitrogens with zero attached hydrogens (tertiary/aromatic N) is 1. The largest absolute Gasteiger partial charge is 0.480 e. The smallest absolute Gasteiger partial charge is 0.323 e. The van der Waals surface area contributed by atoms with Crippen LogP contribution in [0.15, 0.2) is 15.9 Å². The SMILES string of the molecule is C#CCN(CC(=O)O)C(=O)CCCc1ccc(Br)s1. The highest BCUT2D eigenvalue weighted by Crippen LogP contribution is 2.23. The first-order valence-corrected chi connectivity index (χ1v) is 7.31. The molecular formula is C13H14BrNO3S. The zero-order valence-electron chi connectivity index (χ0n) is 10.3. The predicted molar refractivity (Wildman–Crippen MR) is 78.0 cm³/mol. The number of hydrogen-bond donors (Lipinski definition) is 1. The molecule has 1 heterocycles. The number of rotatable bonds is 7. The molecule has 0 aliphatic carbocycles. The van der Waals surface area contributed by atoms with Gasteiger partial charge in [-0.2, -0.15) is 0 Å². The summed E-state index contributed by atoms with van der Waals surface area (Å²) in [6, 6.07) is 3.98. The zero-order valence-corrected chi connectivity index (χ0v) is 12.7. The Hall–Kier alpha value is -1.32. The lowest BCUT2D eigenvalue weighted by Gasteiger charge is -2.17. The van der Waals surface area contributed by atoms with Crippen molar-refractivity contribution >= 4 is 39.1 Å². The van der Waals surface area contributed by atoms with Gasteiger partial charge in [0.15, 0.2) is 0 Å². The topological polar surface area (TPSA) is 57.6 Å². The van der Waals surface area contributed by atoms with Crippen LogP contribution in [0.4, 0.5) is 0 Å². The van der Waals surface area contributed by atoms with Gasteiger partial charge in [0, 0.05) is 11.3 Å². The van der Waals surface area contributed by atoms with Crippen molar-refractivity contribution in [3.63, 3.8) is 0 Å². The van der Waals surface area contributed by atoms with Gasteiger partial charge >= 0.3 is 5.97 Å². The van der Waals surface area contributed by atoms with E-state index in [2.05, 4.69) is 21.9 Å². The van der Waals surface area contributed by atoms with Crippen molar-refractivity contribution in [3.05, 3.63) is 20.8 Å². The Bertz CT molecular complexity index is 492. The first kappa shape index (κ1) is 15.7. The van der Waals surface area contributed by atoms with Gasteiger partial charge in [-0.1, -0.05) is 5.92 Å². The molecular weight excluding hydrogens is 330 g/mol. The molecule has 4 nitrogen and oxygen atoms in total. The second kappa shape index (κ2) is 7.97. The van der Waals surface area contributed by atoms with Gasteiger partial charge < -0.3 is 10.0 Å². The van der Waals surface area contributed by atoms with Crippen molar-refractivity contribution < 1.29 is 14.7 Å². The van der Waals surface area contributed by atoms with Gasteiger partial charge in [-0.15, -0.1) is 17.8 Å². The minimum atomic E-state index is -1.05. The Morgan fingerprint density at radius 3 is 2.74 bits per heavy atom. The molecule has 0 saturated carbocycles. The van der Waals surface area contributed by atoms with E-state index in [0.717, 1.165) is 10.2 Å². The van der Waals surface area contributed by atoms with Crippen LogP contribution in [0.2, 0.25) is 0 Å². The molecule has 0 fully saturated rings. The highest BCUT2D eigenvalue weighted by Gasteiger charge is 2.15. The van der Waals surface area contributed by atoms with Crippen molar-refractivity contribution in [2.75, 3.05) is 13.1 Å². The van der Waals surface area contributed by atoms with E-state index in [1.807, 2.05) is 12.1 Å². The van der Waals surface area contributed by atoms with Crippen LogP contribution < -0.4 is 0 Å². The van der Waals surface area contributed by atoms with E-state index < -0.39 is 5.97 Å². The molecule has 1 aromatic rings. The molecule has 0 spiro atoms. The van der Waals surface area contributed by atoms with Crippen LogP contribution in [0.25, 0.3) is 0 Å². The first-order valence-electron chi connectivity index (χ1n) is 5.70. The van der Waals surface area contributed by atoms with Crippen molar-refractivity contribution in [1.29, 1.82) is 0 Å². The molecule has 1 amide bonds. The summed E-state index contributed by atoms with van der Waals surface area (Å²) in [5.41, 5.74) is 0. The minimum absolute atomic E-state index is 0.0374. The molecule has 0 aliphatic rings. The number of carbonyl (C=O) groups excluding carboxylic acids is 1. The normalized spacial score (nSPS) is 9.89. The Balaban J connectivity index is 2.39. The molecule has 1 rings (SSSR count). The third kappa shape index (κ3) is 5.90. The summed E-state index contributed by atoms with van der Waals surface area (Å²) in [4.78, 5) is 24.8. The third-order valence-corrected chi connectivity index (χ3v) is 4.09. The molecule has 0 aliphatic heterocycles. The fraction of sp³-hybridized carbons (Fsp3) is 0.385. The van der Waals surface area contributed by atoms with Gasteiger partial charge in [-0.25, -0.2) is 0 Å². The number of carboxylic acids is 1. The van der Waals surface area contributed by atoms with Crippen molar-refractivity contribution in [3.8, 4) is 12.3 Å². The lowest BCUT2D eigenvalue weighted by Crippen LogP contribution is -2.35. The number of carboxylic acid groups (broad SMARTS) is 1. The predicted octanol–water partition coefficient (Wildman–Crippen LogP) is 2.38. The van der Waals surface area contributed by atoms with Gasteiger partial charge in [0.1, 0.15) is 6.54 Å². The lowest BCUT2D eigenvalue weighted by molar-refractivity contribution is -0.144. The second-order valence-corrected chi connectivity index (χ2v) is 6.45. The highest BCUT2D eigenvalue weighted by molar-refractivity contribution is 9.11.